The van der Waals surface area contributed by atoms with Gasteiger partial charge in [0, 0.05) is 17.3 Å². The van der Waals surface area contributed by atoms with Crippen molar-refractivity contribution in [3.8, 4) is 28.4 Å². The van der Waals surface area contributed by atoms with E-state index in [2.05, 4.69) is 9.97 Å². The van der Waals surface area contributed by atoms with Gasteiger partial charge in [0.15, 0.2) is 12.4 Å². The van der Waals surface area contributed by atoms with Gasteiger partial charge in [-0.1, -0.05) is 0 Å². The molecular formula is C20H17FN2O3. The summed E-state index contributed by atoms with van der Waals surface area (Å²) in [7, 11) is 0. The molecule has 0 aliphatic heterocycles. The van der Waals surface area contributed by atoms with E-state index in [0.29, 0.717) is 23.9 Å². The second-order valence-electron chi connectivity index (χ2n) is 5.39. The molecule has 0 amide bonds. The van der Waals surface area contributed by atoms with Crippen LogP contribution >= 0.6 is 0 Å². The van der Waals surface area contributed by atoms with Crippen molar-refractivity contribution in [2.75, 3.05) is 13.2 Å². The normalized spacial score (nSPS) is 10.4. The van der Waals surface area contributed by atoms with E-state index in [4.69, 9.17) is 9.47 Å². The molecule has 26 heavy (non-hydrogen) atoms. The van der Waals surface area contributed by atoms with Gasteiger partial charge in [-0.15, -0.1) is 0 Å². The Morgan fingerprint density at radius 3 is 2.38 bits per heavy atom. The molecular weight excluding hydrogens is 335 g/mol. The summed E-state index contributed by atoms with van der Waals surface area (Å²) in [5.41, 5.74) is 2.32. The lowest BCUT2D eigenvalue weighted by atomic mass is 10.1. The van der Waals surface area contributed by atoms with Gasteiger partial charge in [-0.2, -0.15) is 0 Å². The van der Waals surface area contributed by atoms with Crippen LogP contribution in [0.25, 0.3) is 22.6 Å². The van der Waals surface area contributed by atoms with Gasteiger partial charge < -0.3 is 9.47 Å². The number of nitrogens with zero attached hydrogens (tertiary/aromatic N) is 2. The molecule has 3 aromatic rings. The fourth-order valence-corrected chi connectivity index (χ4v) is 2.32. The van der Waals surface area contributed by atoms with Crippen molar-refractivity contribution in [2.24, 2.45) is 0 Å². The average Bonchev–Trinajstić information content (AvgIpc) is 2.68. The molecule has 0 aliphatic carbocycles. The van der Waals surface area contributed by atoms with Gasteiger partial charge in [0.2, 0.25) is 0 Å². The molecule has 0 bridgehead atoms. The highest BCUT2D eigenvalue weighted by atomic mass is 19.1. The van der Waals surface area contributed by atoms with Gasteiger partial charge in [0.1, 0.15) is 11.6 Å². The Morgan fingerprint density at radius 2 is 1.69 bits per heavy atom. The number of ether oxygens (including phenoxy) is 2. The minimum absolute atomic E-state index is 0.135. The van der Waals surface area contributed by atoms with Crippen LogP contribution in [0.3, 0.4) is 0 Å². The second-order valence-corrected chi connectivity index (χ2v) is 5.39. The van der Waals surface area contributed by atoms with Crippen LogP contribution in [0.15, 0.2) is 60.8 Å². The van der Waals surface area contributed by atoms with Gasteiger partial charge in [0.05, 0.1) is 12.3 Å². The maximum Gasteiger partial charge on any atom is 0.344 e. The largest absolute Gasteiger partial charge is 0.482 e. The van der Waals surface area contributed by atoms with E-state index in [-0.39, 0.29) is 12.4 Å². The molecule has 1 aromatic heterocycles. The highest BCUT2D eigenvalue weighted by Crippen LogP contribution is 2.23. The number of hydrogen-bond donors (Lipinski definition) is 0. The van der Waals surface area contributed by atoms with E-state index in [1.165, 1.54) is 12.1 Å². The first-order valence-corrected chi connectivity index (χ1v) is 8.13. The molecule has 3 rings (SSSR count). The summed E-state index contributed by atoms with van der Waals surface area (Å²) < 4.78 is 23.2. The highest BCUT2D eigenvalue weighted by molar-refractivity contribution is 5.71. The Bertz CT molecular complexity index is 880. The third-order valence-corrected chi connectivity index (χ3v) is 3.57. The average molecular weight is 352 g/mol. The van der Waals surface area contributed by atoms with Crippen molar-refractivity contribution in [2.45, 2.75) is 6.92 Å². The van der Waals surface area contributed by atoms with E-state index in [1.54, 1.807) is 43.5 Å². The fraction of sp³-hybridized carbons (Fsp3) is 0.150. The number of aromatic nitrogens is 2. The first kappa shape index (κ1) is 17.5. The first-order chi connectivity index (χ1) is 12.7. The Balaban J connectivity index is 1.74. The van der Waals surface area contributed by atoms with Gasteiger partial charge in [-0.25, -0.2) is 19.2 Å². The zero-order valence-corrected chi connectivity index (χ0v) is 14.2. The summed E-state index contributed by atoms with van der Waals surface area (Å²) >= 11 is 0. The predicted molar refractivity (Wildman–Crippen MR) is 95.0 cm³/mol. The van der Waals surface area contributed by atoms with Crippen molar-refractivity contribution in [1.29, 1.82) is 0 Å². The van der Waals surface area contributed by atoms with Crippen LogP contribution in [0.4, 0.5) is 4.39 Å². The maximum atomic E-state index is 13.1. The SMILES string of the molecule is CCOC(=O)COc1ccc(-c2nccc(-c3ccc(F)cc3)n2)cc1. The minimum Gasteiger partial charge on any atom is -0.482 e. The molecule has 0 spiro atoms. The van der Waals surface area contributed by atoms with Gasteiger partial charge in [-0.3, -0.25) is 0 Å². The quantitative estimate of drug-likeness (QED) is 0.630. The number of benzene rings is 2. The second kappa shape index (κ2) is 8.20. The van der Waals surface area contributed by atoms with Gasteiger partial charge >= 0.3 is 5.97 Å². The molecule has 2 aromatic carbocycles. The smallest absolute Gasteiger partial charge is 0.344 e. The zero-order chi connectivity index (χ0) is 18.4. The van der Waals surface area contributed by atoms with Crippen molar-refractivity contribution in [3.05, 3.63) is 66.6 Å². The predicted octanol–water partition coefficient (Wildman–Crippen LogP) is 3.89. The Kier molecular flexibility index (Phi) is 5.53. The lowest BCUT2D eigenvalue weighted by Crippen LogP contribution is -2.14. The first-order valence-electron chi connectivity index (χ1n) is 8.13. The number of halogens is 1. The van der Waals surface area contributed by atoms with Crippen LogP contribution in [-0.2, 0) is 9.53 Å². The molecule has 0 atom stereocenters. The zero-order valence-electron chi connectivity index (χ0n) is 14.2. The van der Waals surface area contributed by atoms with Crippen molar-refractivity contribution in [3.63, 3.8) is 0 Å². The van der Waals surface area contributed by atoms with Crippen LogP contribution in [-0.4, -0.2) is 29.2 Å². The fourth-order valence-electron chi connectivity index (χ4n) is 2.32. The number of carbonyl (C=O) groups is 1. The third kappa shape index (κ3) is 4.42. The third-order valence-electron chi connectivity index (χ3n) is 3.57. The summed E-state index contributed by atoms with van der Waals surface area (Å²) in [6, 6.07) is 15.0. The van der Waals surface area contributed by atoms with E-state index in [1.807, 2.05) is 12.1 Å². The number of carbonyl (C=O) groups excluding carboxylic acids is 1. The summed E-state index contributed by atoms with van der Waals surface area (Å²) in [4.78, 5) is 20.1. The lowest BCUT2D eigenvalue weighted by Gasteiger charge is -2.07. The Labute approximate surface area is 150 Å². The van der Waals surface area contributed by atoms with E-state index >= 15 is 0 Å². The lowest BCUT2D eigenvalue weighted by molar-refractivity contribution is -0.145. The number of esters is 1. The van der Waals surface area contributed by atoms with Crippen LogP contribution in [0.1, 0.15) is 6.92 Å². The molecule has 0 N–H and O–H groups in total. The molecule has 132 valence electrons. The summed E-state index contributed by atoms with van der Waals surface area (Å²) in [6.07, 6.45) is 1.66. The summed E-state index contributed by atoms with van der Waals surface area (Å²) in [5.74, 6) is 0.397. The molecule has 6 heteroatoms. The maximum absolute atomic E-state index is 13.1. The topological polar surface area (TPSA) is 61.3 Å². The molecule has 0 aliphatic rings. The number of rotatable bonds is 6. The van der Waals surface area contributed by atoms with E-state index < -0.39 is 5.97 Å². The molecule has 1 heterocycles. The van der Waals surface area contributed by atoms with Gasteiger partial charge in [-0.05, 0) is 61.5 Å². The molecule has 0 saturated heterocycles. The molecule has 0 radical (unpaired) electrons. The van der Waals surface area contributed by atoms with Crippen molar-refractivity contribution < 1.29 is 18.7 Å². The Morgan fingerprint density at radius 1 is 1.00 bits per heavy atom. The van der Waals surface area contributed by atoms with Crippen LogP contribution in [0, 0.1) is 5.82 Å². The van der Waals surface area contributed by atoms with Crippen molar-refractivity contribution in [1.82, 2.24) is 9.97 Å². The van der Waals surface area contributed by atoms with Gasteiger partial charge in [0.25, 0.3) is 0 Å². The molecule has 5 nitrogen and oxygen atoms in total. The highest BCUT2D eigenvalue weighted by Gasteiger charge is 2.07. The molecule has 0 unspecified atom stereocenters. The Hall–Kier alpha value is -3.28. The minimum atomic E-state index is -0.410. The molecule has 0 fully saturated rings. The summed E-state index contributed by atoms with van der Waals surface area (Å²) in [6.45, 7) is 1.93. The monoisotopic (exact) mass is 352 g/mol. The van der Waals surface area contributed by atoms with E-state index in [0.717, 1.165) is 11.1 Å². The van der Waals surface area contributed by atoms with Crippen LogP contribution in [0.5, 0.6) is 5.75 Å². The van der Waals surface area contributed by atoms with Crippen LogP contribution < -0.4 is 4.74 Å². The summed E-state index contributed by atoms with van der Waals surface area (Å²) in [5, 5.41) is 0. The standard InChI is InChI=1S/C20H17FN2O3/c1-2-25-19(24)13-26-17-9-5-15(6-10-17)20-22-12-11-18(23-20)14-3-7-16(21)8-4-14/h3-12H,2,13H2,1H3. The van der Waals surface area contributed by atoms with Crippen LogP contribution in [0.2, 0.25) is 0 Å². The number of hydrogen-bond acceptors (Lipinski definition) is 5. The van der Waals surface area contributed by atoms with E-state index in [9.17, 15) is 9.18 Å². The molecule has 0 saturated carbocycles. The van der Waals surface area contributed by atoms with Crippen molar-refractivity contribution >= 4 is 5.97 Å².